The molecule has 6 heteroatoms. The summed E-state index contributed by atoms with van der Waals surface area (Å²) in [5.41, 5.74) is 0.0364. The van der Waals surface area contributed by atoms with Gasteiger partial charge in [0.1, 0.15) is 6.26 Å². The van der Waals surface area contributed by atoms with Gasteiger partial charge < -0.3 is 14.1 Å². The quantitative estimate of drug-likeness (QED) is 0.604. The molecule has 25 heavy (non-hydrogen) atoms. The van der Waals surface area contributed by atoms with E-state index in [4.69, 9.17) is 9.15 Å². The first-order valence-electron chi connectivity index (χ1n) is 8.92. The molecule has 2 atom stereocenters. The number of amides is 1. The van der Waals surface area contributed by atoms with Crippen LogP contribution in [0.3, 0.4) is 0 Å². The highest BCUT2D eigenvalue weighted by Crippen LogP contribution is 2.43. The Bertz CT molecular complexity index is 627. The van der Waals surface area contributed by atoms with Gasteiger partial charge in [-0.1, -0.05) is 6.08 Å². The number of rotatable bonds is 5. The van der Waals surface area contributed by atoms with Gasteiger partial charge in [-0.3, -0.25) is 14.5 Å². The maximum absolute atomic E-state index is 12.8. The van der Waals surface area contributed by atoms with E-state index in [1.807, 2.05) is 17.9 Å². The monoisotopic (exact) mass is 346 g/mol. The van der Waals surface area contributed by atoms with Gasteiger partial charge in [-0.2, -0.15) is 0 Å². The number of hydrogen-bond acceptors (Lipinski definition) is 5. The lowest BCUT2D eigenvalue weighted by Crippen LogP contribution is -2.43. The van der Waals surface area contributed by atoms with Crippen LogP contribution in [-0.4, -0.2) is 61.0 Å². The summed E-state index contributed by atoms with van der Waals surface area (Å²) in [6.45, 7) is 9.45. The van der Waals surface area contributed by atoms with Crippen LogP contribution in [0.2, 0.25) is 0 Å². The van der Waals surface area contributed by atoms with Gasteiger partial charge >= 0.3 is 5.97 Å². The maximum Gasteiger partial charge on any atom is 0.313 e. The number of furan rings is 1. The Labute approximate surface area is 148 Å². The van der Waals surface area contributed by atoms with E-state index in [1.165, 1.54) is 12.5 Å². The van der Waals surface area contributed by atoms with Crippen LogP contribution >= 0.6 is 0 Å². The third-order valence-electron chi connectivity index (χ3n) is 5.38. The van der Waals surface area contributed by atoms with E-state index in [2.05, 4.69) is 11.5 Å². The summed E-state index contributed by atoms with van der Waals surface area (Å²) in [5, 5.41) is 0. The van der Waals surface area contributed by atoms with Crippen LogP contribution in [0.1, 0.15) is 30.1 Å². The predicted octanol–water partition coefficient (Wildman–Crippen LogP) is 2.18. The van der Waals surface area contributed by atoms with Crippen LogP contribution in [-0.2, 0) is 9.53 Å². The minimum Gasteiger partial charge on any atom is -0.472 e. The van der Waals surface area contributed by atoms with Crippen LogP contribution in [0, 0.1) is 11.3 Å². The summed E-state index contributed by atoms with van der Waals surface area (Å²) < 4.78 is 10.5. The summed E-state index contributed by atoms with van der Waals surface area (Å²) in [7, 11) is 0. The fourth-order valence-corrected chi connectivity index (χ4v) is 4.22. The number of fused-ring (bicyclic) bond motifs is 1. The molecule has 1 aromatic rings. The van der Waals surface area contributed by atoms with E-state index in [0.29, 0.717) is 31.8 Å². The molecule has 3 heterocycles. The average Bonchev–Trinajstić information content (AvgIpc) is 3.20. The number of carbonyl (C=O) groups excluding carboxylic acids is 2. The van der Waals surface area contributed by atoms with Gasteiger partial charge in [0, 0.05) is 38.6 Å². The molecule has 2 fully saturated rings. The molecule has 0 bridgehead atoms. The molecule has 0 aliphatic carbocycles. The fourth-order valence-electron chi connectivity index (χ4n) is 4.22. The van der Waals surface area contributed by atoms with Crippen LogP contribution in [0.25, 0.3) is 0 Å². The van der Waals surface area contributed by atoms with E-state index >= 15 is 0 Å². The van der Waals surface area contributed by atoms with Crippen LogP contribution < -0.4 is 0 Å². The van der Waals surface area contributed by atoms with E-state index in [-0.39, 0.29) is 17.8 Å². The smallest absolute Gasteiger partial charge is 0.313 e. The number of esters is 1. The van der Waals surface area contributed by atoms with E-state index < -0.39 is 5.41 Å². The van der Waals surface area contributed by atoms with Crippen LogP contribution in [0.4, 0.5) is 0 Å². The largest absolute Gasteiger partial charge is 0.472 e. The highest BCUT2D eigenvalue weighted by Gasteiger charge is 2.54. The lowest BCUT2D eigenvalue weighted by Gasteiger charge is -2.31. The normalized spacial score (nSPS) is 26.8. The standard InChI is InChI=1S/C19H26N2O4/c1-3-8-20-11-16-12-21(17(22)15-6-10-24-13-15)9-5-7-19(16,14-20)18(23)25-4-2/h3,6,10,13,16H,1,4-5,7-9,11-12,14H2,2H3/t16-,19+/m1/s1. The van der Waals surface area contributed by atoms with Crippen molar-refractivity contribution in [1.29, 1.82) is 0 Å². The third-order valence-corrected chi connectivity index (χ3v) is 5.38. The zero-order valence-corrected chi connectivity index (χ0v) is 14.8. The van der Waals surface area contributed by atoms with Gasteiger partial charge in [0.15, 0.2) is 0 Å². The van der Waals surface area contributed by atoms with Gasteiger partial charge in [-0.25, -0.2) is 0 Å². The summed E-state index contributed by atoms with van der Waals surface area (Å²) in [4.78, 5) is 29.6. The van der Waals surface area contributed by atoms with E-state index in [0.717, 1.165) is 25.9 Å². The summed E-state index contributed by atoms with van der Waals surface area (Å²) >= 11 is 0. The lowest BCUT2D eigenvalue weighted by molar-refractivity contribution is -0.157. The molecule has 3 rings (SSSR count). The minimum atomic E-state index is -0.523. The third kappa shape index (κ3) is 3.35. The van der Waals surface area contributed by atoms with Gasteiger partial charge in [0.25, 0.3) is 5.91 Å². The Morgan fingerprint density at radius 3 is 3.00 bits per heavy atom. The topological polar surface area (TPSA) is 63.0 Å². The minimum absolute atomic E-state index is 0.0319. The second-order valence-corrected chi connectivity index (χ2v) is 6.92. The second-order valence-electron chi connectivity index (χ2n) is 6.92. The first-order valence-corrected chi connectivity index (χ1v) is 8.92. The molecular formula is C19H26N2O4. The van der Waals surface area contributed by atoms with Crippen molar-refractivity contribution in [3.8, 4) is 0 Å². The molecule has 1 amide bonds. The van der Waals surface area contributed by atoms with Crippen LogP contribution in [0.15, 0.2) is 35.7 Å². The van der Waals surface area contributed by atoms with E-state index in [1.54, 1.807) is 6.07 Å². The molecule has 2 saturated heterocycles. The fraction of sp³-hybridized carbons (Fsp3) is 0.579. The Kier molecular flexibility index (Phi) is 5.27. The molecule has 2 aliphatic rings. The second kappa shape index (κ2) is 7.44. The van der Waals surface area contributed by atoms with Gasteiger partial charge in [-0.05, 0) is 25.8 Å². The van der Waals surface area contributed by atoms with E-state index in [9.17, 15) is 9.59 Å². The molecule has 0 radical (unpaired) electrons. The summed E-state index contributed by atoms with van der Waals surface area (Å²) in [5.74, 6) is -0.0791. The van der Waals surface area contributed by atoms with Crippen molar-refractivity contribution in [3.05, 3.63) is 36.8 Å². The van der Waals surface area contributed by atoms with Crippen molar-refractivity contribution in [2.24, 2.45) is 11.3 Å². The van der Waals surface area contributed by atoms with Crippen LogP contribution in [0.5, 0.6) is 0 Å². The number of hydrogen-bond donors (Lipinski definition) is 0. The zero-order valence-electron chi connectivity index (χ0n) is 14.8. The molecule has 136 valence electrons. The molecule has 0 saturated carbocycles. The Morgan fingerprint density at radius 2 is 2.32 bits per heavy atom. The number of carbonyl (C=O) groups is 2. The van der Waals surface area contributed by atoms with Crippen molar-refractivity contribution in [2.75, 3.05) is 39.3 Å². The molecule has 1 aromatic heterocycles. The first-order chi connectivity index (χ1) is 12.1. The Balaban J connectivity index is 1.83. The maximum atomic E-state index is 12.8. The summed E-state index contributed by atoms with van der Waals surface area (Å²) in [6, 6.07) is 1.69. The molecule has 2 aliphatic heterocycles. The Hall–Kier alpha value is -2.08. The summed E-state index contributed by atoms with van der Waals surface area (Å²) in [6.07, 6.45) is 6.39. The Morgan fingerprint density at radius 1 is 1.48 bits per heavy atom. The lowest BCUT2D eigenvalue weighted by atomic mass is 9.75. The number of ether oxygens (including phenoxy) is 1. The number of nitrogens with zero attached hydrogens (tertiary/aromatic N) is 2. The molecule has 6 nitrogen and oxygen atoms in total. The molecule has 0 N–H and O–H groups in total. The van der Waals surface area contributed by atoms with Gasteiger partial charge in [0.2, 0.25) is 0 Å². The van der Waals surface area contributed by atoms with Crippen molar-refractivity contribution in [2.45, 2.75) is 19.8 Å². The van der Waals surface area contributed by atoms with Crippen molar-refractivity contribution in [3.63, 3.8) is 0 Å². The molecule has 0 unspecified atom stereocenters. The van der Waals surface area contributed by atoms with Gasteiger partial charge in [-0.15, -0.1) is 6.58 Å². The first kappa shape index (κ1) is 17.7. The van der Waals surface area contributed by atoms with Gasteiger partial charge in [0.05, 0.1) is 23.8 Å². The average molecular weight is 346 g/mol. The van der Waals surface area contributed by atoms with Crippen molar-refractivity contribution >= 4 is 11.9 Å². The molecular weight excluding hydrogens is 320 g/mol. The molecule has 0 aromatic carbocycles. The SMILES string of the molecule is C=CCN1C[C@@H]2CN(C(=O)c3ccoc3)CCC[C@]2(C(=O)OCC)C1. The highest BCUT2D eigenvalue weighted by molar-refractivity contribution is 5.94. The predicted molar refractivity (Wildman–Crippen MR) is 93.0 cm³/mol. The van der Waals surface area contributed by atoms with Crippen molar-refractivity contribution in [1.82, 2.24) is 9.80 Å². The molecule has 0 spiro atoms. The highest BCUT2D eigenvalue weighted by atomic mass is 16.5. The number of likely N-dealkylation sites (tertiary alicyclic amines) is 2. The van der Waals surface area contributed by atoms with Crippen molar-refractivity contribution < 1.29 is 18.7 Å². The zero-order chi connectivity index (χ0) is 17.9.